The molecule has 1 aromatic heterocycles. The maximum atomic E-state index is 12.4. The molecule has 1 heterocycles. The van der Waals surface area contributed by atoms with E-state index in [2.05, 4.69) is 15.7 Å². The van der Waals surface area contributed by atoms with Gasteiger partial charge in [0.2, 0.25) is 5.91 Å². The highest BCUT2D eigenvalue weighted by Gasteiger charge is 2.44. The van der Waals surface area contributed by atoms with Crippen molar-refractivity contribution in [2.45, 2.75) is 12.3 Å². The summed E-state index contributed by atoms with van der Waals surface area (Å²) in [5, 5.41) is 10.5. The van der Waals surface area contributed by atoms with Crippen LogP contribution in [0.15, 0.2) is 67.0 Å². The van der Waals surface area contributed by atoms with Gasteiger partial charge in [-0.25, -0.2) is 0 Å². The molecule has 0 aliphatic heterocycles. The van der Waals surface area contributed by atoms with Crippen molar-refractivity contribution < 1.29 is 4.79 Å². The Kier molecular flexibility index (Phi) is 3.98. The van der Waals surface area contributed by atoms with Crippen molar-refractivity contribution in [3.63, 3.8) is 0 Å². The van der Waals surface area contributed by atoms with E-state index in [1.165, 1.54) is 0 Å². The van der Waals surface area contributed by atoms with Crippen LogP contribution in [0, 0.1) is 5.92 Å². The van der Waals surface area contributed by atoms with Crippen LogP contribution in [0.4, 0.5) is 17.1 Å². The van der Waals surface area contributed by atoms with Gasteiger partial charge in [0.15, 0.2) is 0 Å². The molecule has 0 saturated heterocycles. The fourth-order valence-corrected chi connectivity index (χ4v) is 3.04. The summed E-state index contributed by atoms with van der Waals surface area (Å²) in [6, 6.07) is 17.8. The number of hydrogen-bond donors (Lipinski definition) is 2. The van der Waals surface area contributed by atoms with Crippen molar-refractivity contribution >= 4 is 23.0 Å². The van der Waals surface area contributed by atoms with E-state index in [9.17, 15) is 4.79 Å². The molecule has 4 rings (SSSR count). The van der Waals surface area contributed by atoms with Gasteiger partial charge in [-0.1, -0.05) is 18.2 Å². The molecular formula is C20H20N4O. The number of aryl methyl sites for hydroxylation is 1. The van der Waals surface area contributed by atoms with Crippen molar-refractivity contribution in [2.24, 2.45) is 13.0 Å². The first-order chi connectivity index (χ1) is 12.2. The second-order valence-electron chi connectivity index (χ2n) is 6.45. The first-order valence-electron chi connectivity index (χ1n) is 8.40. The lowest BCUT2D eigenvalue weighted by atomic mass is 10.2. The number of anilines is 3. The summed E-state index contributed by atoms with van der Waals surface area (Å²) >= 11 is 0. The molecule has 0 spiro atoms. The zero-order valence-electron chi connectivity index (χ0n) is 14.0. The minimum atomic E-state index is 0.0475. The first kappa shape index (κ1) is 15.4. The van der Waals surface area contributed by atoms with Crippen molar-refractivity contribution in [3.05, 3.63) is 72.6 Å². The summed E-state index contributed by atoms with van der Waals surface area (Å²) < 4.78 is 1.78. The molecule has 5 heteroatoms. The second-order valence-corrected chi connectivity index (χ2v) is 6.45. The summed E-state index contributed by atoms with van der Waals surface area (Å²) in [7, 11) is 1.89. The van der Waals surface area contributed by atoms with Gasteiger partial charge in [-0.3, -0.25) is 9.48 Å². The first-order valence-corrected chi connectivity index (χ1v) is 8.40. The highest BCUT2D eigenvalue weighted by atomic mass is 16.2. The van der Waals surface area contributed by atoms with Crippen LogP contribution < -0.4 is 10.6 Å². The van der Waals surface area contributed by atoms with Crippen LogP contribution in [-0.4, -0.2) is 15.7 Å². The van der Waals surface area contributed by atoms with E-state index in [0.717, 1.165) is 29.0 Å². The van der Waals surface area contributed by atoms with E-state index in [1.807, 2.05) is 74.0 Å². The van der Waals surface area contributed by atoms with Crippen LogP contribution in [0.5, 0.6) is 0 Å². The molecule has 0 radical (unpaired) electrons. The van der Waals surface area contributed by atoms with Crippen molar-refractivity contribution in [1.29, 1.82) is 0 Å². The number of amides is 1. The van der Waals surface area contributed by atoms with Gasteiger partial charge in [0.25, 0.3) is 0 Å². The minimum absolute atomic E-state index is 0.0475. The van der Waals surface area contributed by atoms with Gasteiger partial charge in [-0.2, -0.15) is 5.10 Å². The average Bonchev–Trinajstić information content (AvgIpc) is 3.32. The topological polar surface area (TPSA) is 59.0 Å². The molecule has 1 saturated carbocycles. The van der Waals surface area contributed by atoms with Crippen LogP contribution in [0.3, 0.4) is 0 Å². The number of carbonyl (C=O) groups excluding carboxylic acids is 1. The van der Waals surface area contributed by atoms with Gasteiger partial charge < -0.3 is 10.6 Å². The average molecular weight is 332 g/mol. The number of carbonyl (C=O) groups is 1. The summed E-state index contributed by atoms with van der Waals surface area (Å²) in [5.41, 5.74) is 3.99. The Balaban J connectivity index is 1.34. The summed E-state index contributed by atoms with van der Waals surface area (Å²) in [5.74, 6) is 0.427. The van der Waals surface area contributed by atoms with Gasteiger partial charge >= 0.3 is 0 Å². The Bertz CT molecular complexity index is 870. The third kappa shape index (κ3) is 3.55. The molecular weight excluding hydrogens is 312 g/mol. The van der Waals surface area contributed by atoms with Gasteiger partial charge in [0.1, 0.15) is 0 Å². The van der Waals surface area contributed by atoms with Crippen molar-refractivity contribution in [3.8, 4) is 0 Å². The number of rotatable bonds is 5. The smallest absolute Gasteiger partial charge is 0.228 e. The monoisotopic (exact) mass is 332 g/mol. The standard InChI is InChI=1S/C20H20N4O/c1-24-13-14(12-21-24)18-11-19(18)20(25)23-17-9-7-16(8-10-17)22-15-5-3-2-4-6-15/h2-10,12-13,18-19,22H,11H2,1H3,(H,23,25)/t18-,19-/m0/s1. The zero-order chi connectivity index (χ0) is 17.2. The summed E-state index contributed by atoms with van der Waals surface area (Å²) in [4.78, 5) is 12.4. The molecule has 126 valence electrons. The van der Waals surface area contributed by atoms with Crippen LogP contribution in [0.1, 0.15) is 17.9 Å². The normalized spacial score (nSPS) is 18.6. The Morgan fingerprint density at radius 2 is 1.72 bits per heavy atom. The van der Waals surface area contributed by atoms with Gasteiger partial charge in [-0.15, -0.1) is 0 Å². The van der Waals surface area contributed by atoms with E-state index in [4.69, 9.17) is 0 Å². The lowest BCUT2D eigenvalue weighted by Gasteiger charge is -2.08. The number of para-hydroxylation sites is 1. The molecule has 1 aliphatic rings. The number of hydrogen-bond acceptors (Lipinski definition) is 3. The molecule has 1 amide bonds. The predicted octanol–water partition coefficient (Wildman–Crippen LogP) is 3.91. The number of aromatic nitrogens is 2. The highest BCUT2D eigenvalue weighted by Crippen LogP contribution is 2.47. The minimum Gasteiger partial charge on any atom is -0.356 e. The molecule has 3 aromatic rings. The maximum absolute atomic E-state index is 12.4. The highest BCUT2D eigenvalue weighted by molar-refractivity contribution is 5.95. The molecule has 2 aromatic carbocycles. The summed E-state index contributed by atoms with van der Waals surface area (Å²) in [6.07, 6.45) is 4.73. The third-order valence-corrected chi connectivity index (χ3v) is 4.50. The van der Waals surface area contributed by atoms with Gasteiger partial charge in [-0.05, 0) is 54.3 Å². The second kappa shape index (κ2) is 6.43. The van der Waals surface area contributed by atoms with Gasteiger partial charge in [0.05, 0.1) is 6.20 Å². The number of nitrogens with zero attached hydrogens (tertiary/aromatic N) is 2. The van der Waals surface area contributed by atoms with Crippen molar-refractivity contribution in [2.75, 3.05) is 10.6 Å². The fraction of sp³-hybridized carbons (Fsp3) is 0.200. The fourth-order valence-electron chi connectivity index (χ4n) is 3.04. The Morgan fingerprint density at radius 3 is 2.40 bits per heavy atom. The molecule has 1 aliphatic carbocycles. The molecule has 2 atom stereocenters. The molecule has 5 nitrogen and oxygen atoms in total. The largest absolute Gasteiger partial charge is 0.356 e. The van der Waals surface area contributed by atoms with E-state index >= 15 is 0 Å². The van der Waals surface area contributed by atoms with Gasteiger partial charge in [0, 0.05) is 36.2 Å². The zero-order valence-corrected chi connectivity index (χ0v) is 14.0. The van der Waals surface area contributed by atoms with E-state index in [-0.39, 0.29) is 11.8 Å². The summed E-state index contributed by atoms with van der Waals surface area (Å²) in [6.45, 7) is 0. The van der Waals surface area contributed by atoms with Crippen LogP contribution in [0.2, 0.25) is 0 Å². The van der Waals surface area contributed by atoms with Crippen LogP contribution in [-0.2, 0) is 11.8 Å². The van der Waals surface area contributed by atoms with Crippen LogP contribution >= 0.6 is 0 Å². The maximum Gasteiger partial charge on any atom is 0.228 e. The lowest BCUT2D eigenvalue weighted by Crippen LogP contribution is -2.14. The molecule has 1 fully saturated rings. The van der Waals surface area contributed by atoms with Crippen molar-refractivity contribution in [1.82, 2.24) is 9.78 Å². The van der Waals surface area contributed by atoms with Crippen LogP contribution in [0.25, 0.3) is 0 Å². The third-order valence-electron chi connectivity index (χ3n) is 4.50. The molecule has 0 bridgehead atoms. The lowest BCUT2D eigenvalue weighted by molar-refractivity contribution is -0.117. The molecule has 2 N–H and O–H groups in total. The quantitative estimate of drug-likeness (QED) is 0.745. The van der Waals surface area contributed by atoms with E-state index < -0.39 is 0 Å². The predicted molar refractivity (Wildman–Crippen MR) is 98.9 cm³/mol. The molecule has 0 unspecified atom stereocenters. The number of benzene rings is 2. The molecule has 25 heavy (non-hydrogen) atoms. The SMILES string of the molecule is Cn1cc([C@@H]2C[C@@H]2C(=O)Nc2ccc(Nc3ccccc3)cc2)cn1. The number of nitrogens with one attached hydrogen (secondary N) is 2. The Labute approximate surface area is 146 Å². The van der Waals surface area contributed by atoms with E-state index in [1.54, 1.807) is 4.68 Å². The Hall–Kier alpha value is -3.08. The van der Waals surface area contributed by atoms with E-state index in [0.29, 0.717) is 5.92 Å². The Morgan fingerprint density at radius 1 is 1.04 bits per heavy atom.